The minimum absolute atomic E-state index is 0.108. The van der Waals surface area contributed by atoms with Gasteiger partial charge in [-0.15, -0.1) is 11.3 Å². The molecule has 0 saturated carbocycles. The molecular weight excluding hydrogens is 362 g/mol. The van der Waals surface area contributed by atoms with Gasteiger partial charge < -0.3 is 9.80 Å². The van der Waals surface area contributed by atoms with E-state index >= 15 is 0 Å². The Morgan fingerprint density at radius 3 is 2.55 bits per heavy atom. The van der Waals surface area contributed by atoms with Crippen LogP contribution >= 0.6 is 27.3 Å². The van der Waals surface area contributed by atoms with E-state index in [-0.39, 0.29) is 5.91 Å². The fourth-order valence-corrected chi connectivity index (χ4v) is 3.52. The Morgan fingerprint density at radius 2 is 1.91 bits per heavy atom. The van der Waals surface area contributed by atoms with Crippen molar-refractivity contribution in [2.45, 2.75) is 0 Å². The van der Waals surface area contributed by atoms with E-state index in [1.165, 1.54) is 0 Å². The van der Waals surface area contributed by atoms with Crippen LogP contribution in [0.4, 0.5) is 5.13 Å². The summed E-state index contributed by atoms with van der Waals surface area (Å²) >= 11 is 4.98. The van der Waals surface area contributed by atoms with E-state index in [4.69, 9.17) is 0 Å². The summed E-state index contributed by atoms with van der Waals surface area (Å²) in [6.45, 7) is 2.94. The Kier molecular flexibility index (Phi) is 4.76. The zero-order valence-electron chi connectivity index (χ0n) is 11.8. The lowest BCUT2D eigenvalue weighted by atomic mass is 10.2. The van der Waals surface area contributed by atoms with E-state index in [1.807, 2.05) is 35.7 Å². The molecule has 1 fully saturated rings. The molecule has 1 aliphatic heterocycles. The smallest absolute Gasteiger partial charge is 0.298 e. The second-order valence-corrected chi connectivity index (χ2v) is 6.50. The summed E-state index contributed by atoms with van der Waals surface area (Å²) in [7, 11) is 0. The van der Waals surface area contributed by atoms with Crippen LogP contribution < -0.4 is 4.90 Å². The SMILES string of the molecule is O=C(C#Cc1ccccc1)N1CCN(c2nc(Br)cs2)CC1. The third kappa shape index (κ3) is 3.67. The summed E-state index contributed by atoms with van der Waals surface area (Å²) in [4.78, 5) is 20.5. The highest BCUT2D eigenvalue weighted by Gasteiger charge is 2.21. The van der Waals surface area contributed by atoms with E-state index in [9.17, 15) is 4.79 Å². The van der Waals surface area contributed by atoms with Crippen LogP contribution in [0.3, 0.4) is 0 Å². The van der Waals surface area contributed by atoms with Gasteiger partial charge in [0.2, 0.25) is 0 Å². The van der Waals surface area contributed by atoms with Crippen molar-refractivity contribution in [1.29, 1.82) is 0 Å². The molecule has 1 saturated heterocycles. The van der Waals surface area contributed by atoms with Gasteiger partial charge in [-0.2, -0.15) is 0 Å². The van der Waals surface area contributed by atoms with Crippen molar-refractivity contribution in [1.82, 2.24) is 9.88 Å². The molecule has 0 unspecified atom stereocenters. The van der Waals surface area contributed by atoms with Crippen molar-refractivity contribution >= 4 is 38.3 Å². The Labute approximate surface area is 141 Å². The van der Waals surface area contributed by atoms with Gasteiger partial charge in [-0.1, -0.05) is 24.1 Å². The number of thiazole rings is 1. The number of rotatable bonds is 1. The summed E-state index contributed by atoms with van der Waals surface area (Å²) in [6, 6.07) is 9.57. The molecular formula is C16H14BrN3OS. The number of anilines is 1. The highest BCUT2D eigenvalue weighted by molar-refractivity contribution is 9.10. The van der Waals surface area contributed by atoms with Gasteiger partial charge in [0.15, 0.2) is 5.13 Å². The number of hydrogen-bond acceptors (Lipinski definition) is 4. The van der Waals surface area contributed by atoms with Gasteiger partial charge in [-0.05, 0) is 28.1 Å². The summed E-state index contributed by atoms with van der Waals surface area (Å²) in [6.07, 6.45) is 0. The number of amides is 1. The maximum absolute atomic E-state index is 12.1. The number of halogens is 1. The first kappa shape index (κ1) is 15.1. The molecule has 1 aromatic carbocycles. The van der Waals surface area contributed by atoms with E-state index < -0.39 is 0 Å². The second kappa shape index (κ2) is 6.95. The number of hydrogen-bond donors (Lipinski definition) is 0. The quantitative estimate of drug-likeness (QED) is 0.718. The van der Waals surface area contributed by atoms with Crippen LogP contribution in [0.1, 0.15) is 5.56 Å². The Bertz CT molecular complexity index is 712. The zero-order chi connectivity index (χ0) is 15.4. The van der Waals surface area contributed by atoms with Gasteiger partial charge in [0, 0.05) is 43.0 Å². The number of carbonyl (C=O) groups excluding carboxylic acids is 1. The fraction of sp³-hybridized carbons (Fsp3) is 0.250. The zero-order valence-corrected chi connectivity index (χ0v) is 14.2. The van der Waals surface area contributed by atoms with E-state index in [2.05, 4.69) is 37.7 Å². The monoisotopic (exact) mass is 375 g/mol. The number of benzene rings is 1. The van der Waals surface area contributed by atoms with Crippen molar-refractivity contribution < 1.29 is 4.79 Å². The van der Waals surface area contributed by atoms with Gasteiger partial charge >= 0.3 is 0 Å². The predicted molar refractivity (Wildman–Crippen MR) is 91.9 cm³/mol. The Morgan fingerprint density at radius 1 is 1.18 bits per heavy atom. The lowest BCUT2D eigenvalue weighted by Gasteiger charge is -2.33. The standard InChI is InChI=1S/C16H14BrN3OS/c17-14-12-22-16(18-14)20-10-8-19(9-11-20)15(21)7-6-13-4-2-1-3-5-13/h1-5,12H,8-11H2. The molecule has 22 heavy (non-hydrogen) atoms. The van der Waals surface area contributed by atoms with Crippen LogP contribution in [0.5, 0.6) is 0 Å². The number of carbonyl (C=O) groups is 1. The molecule has 1 aromatic heterocycles. The van der Waals surface area contributed by atoms with Crippen LogP contribution in [-0.4, -0.2) is 42.0 Å². The average molecular weight is 376 g/mol. The number of aromatic nitrogens is 1. The fourth-order valence-electron chi connectivity index (χ4n) is 2.22. The molecule has 1 amide bonds. The molecule has 2 aromatic rings. The van der Waals surface area contributed by atoms with Crippen molar-refractivity contribution in [3.63, 3.8) is 0 Å². The van der Waals surface area contributed by atoms with Crippen LogP contribution in [0.25, 0.3) is 0 Å². The summed E-state index contributed by atoms with van der Waals surface area (Å²) in [5.41, 5.74) is 0.863. The largest absolute Gasteiger partial charge is 0.345 e. The van der Waals surface area contributed by atoms with Crippen molar-refractivity contribution in [2.24, 2.45) is 0 Å². The first-order chi connectivity index (χ1) is 10.7. The molecule has 0 radical (unpaired) electrons. The third-order valence-corrected chi connectivity index (χ3v) is 5.00. The van der Waals surface area contributed by atoms with Gasteiger partial charge in [0.25, 0.3) is 5.91 Å². The van der Waals surface area contributed by atoms with Gasteiger partial charge in [-0.25, -0.2) is 4.98 Å². The minimum atomic E-state index is -0.108. The third-order valence-electron chi connectivity index (χ3n) is 3.39. The topological polar surface area (TPSA) is 36.4 Å². The van der Waals surface area contributed by atoms with Gasteiger partial charge in [0.1, 0.15) is 4.60 Å². The second-order valence-electron chi connectivity index (χ2n) is 4.85. The highest BCUT2D eigenvalue weighted by Crippen LogP contribution is 2.24. The van der Waals surface area contributed by atoms with E-state index in [1.54, 1.807) is 16.2 Å². The molecule has 3 rings (SSSR count). The highest BCUT2D eigenvalue weighted by atomic mass is 79.9. The maximum atomic E-state index is 12.1. The molecule has 0 atom stereocenters. The summed E-state index contributed by atoms with van der Waals surface area (Å²) in [5.74, 6) is 5.53. The minimum Gasteiger partial charge on any atom is -0.345 e. The summed E-state index contributed by atoms with van der Waals surface area (Å²) < 4.78 is 0.861. The first-order valence-electron chi connectivity index (χ1n) is 6.94. The molecule has 0 aliphatic carbocycles. The van der Waals surface area contributed by atoms with Crippen LogP contribution in [0, 0.1) is 11.8 Å². The molecule has 4 nitrogen and oxygen atoms in total. The lowest BCUT2D eigenvalue weighted by molar-refractivity contribution is -0.125. The molecule has 6 heteroatoms. The molecule has 0 bridgehead atoms. The van der Waals surface area contributed by atoms with Crippen molar-refractivity contribution in [3.05, 3.63) is 45.9 Å². The van der Waals surface area contributed by atoms with Crippen LogP contribution in [-0.2, 0) is 4.79 Å². The van der Waals surface area contributed by atoms with Crippen LogP contribution in [0.2, 0.25) is 0 Å². The normalized spacial score (nSPS) is 14.4. The van der Waals surface area contributed by atoms with Crippen LogP contribution in [0.15, 0.2) is 40.3 Å². The number of nitrogens with zero attached hydrogens (tertiary/aromatic N) is 3. The molecule has 2 heterocycles. The Hall–Kier alpha value is -1.84. The average Bonchev–Trinajstić information content (AvgIpc) is 3.00. The predicted octanol–water partition coefficient (Wildman–Crippen LogP) is 2.61. The Balaban J connectivity index is 1.57. The van der Waals surface area contributed by atoms with E-state index in [0.29, 0.717) is 13.1 Å². The van der Waals surface area contributed by atoms with Gasteiger partial charge in [-0.3, -0.25) is 4.79 Å². The molecule has 112 valence electrons. The molecule has 0 spiro atoms. The van der Waals surface area contributed by atoms with E-state index in [0.717, 1.165) is 28.4 Å². The summed E-state index contributed by atoms with van der Waals surface area (Å²) in [5, 5.41) is 2.97. The maximum Gasteiger partial charge on any atom is 0.298 e. The molecule has 0 N–H and O–H groups in total. The first-order valence-corrected chi connectivity index (χ1v) is 8.61. The molecule has 1 aliphatic rings. The number of piperazine rings is 1. The van der Waals surface area contributed by atoms with Gasteiger partial charge in [0.05, 0.1) is 0 Å². The lowest BCUT2D eigenvalue weighted by Crippen LogP contribution is -2.48. The van der Waals surface area contributed by atoms with Crippen molar-refractivity contribution in [3.8, 4) is 11.8 Å². The van der Waals surface area contributed by atoms with Crippen molar-refractivity contribution in [2.75, 3.05) is 31.1 Å².